The van der Waals surface area contributed by atoms with Crippen molar-refractivity contribution in [1.29, 1.82) is 0 Å². The van der Waals surface area contributed by atoms with Crippen LogP contribution in [0.3, 0.4) is 0 Å². The van der Waals surface area contributed by atoms with Crippen LogP contribution >= 0.6 is 11.3 Å². The predicted octanol–water partition coefficient (Wildman–Crippen LogP) is 5.02. The van der Waals surface area contributed by atoms with Gasteiger partial charge in [-0.25, -0.2) is 4.98 Å². The van der Waals surface area contributed by atoms with Gasteiger partial charge < -0.3 is 15.2 Å². The summed E-state index contributed by atoms with van der Waals surface area (Å²) in [7, 11) is 3.74. The zero-order valence-electron chi connectivity index (χ0n) is 21.8. The van der Waals surface area contributed by atoms with Crippen molar-refractivity contribution in [3.63, 3.8) is 0 Å². The van der Waals surface area contributed by atoms with E-state index in [1.54, 1.807) is 15.9 Å². The molecule has 0 saturated heterocycles. The van der Waals surface area contributed by atoms with Gasteiger partial charge in [-0.1, -0.05) is 45.1 Å². The van der Waals surface area contributed by atoms with Crippen LogP contribution in [0, 0.1) is 12.8 Å². The second-order valence-corrected chi connectivity index (χ2v) is 9.72. The molecule has 0 saturated carbocycles. The smallest absolute Gasteiger partial charge is 0.258 e. The Labute approximate surface area is 212 Å². The highest BCUT2D eigenvalue weighted by atomic mass is 32.1. The van der Waals surface area contributed by atoms with Crippen LogP contribution < -0.4 is 26.8 Å². The number of aryl methyl sites for hydroxylation is 1. The Hall–Kier alpha value is -3.38. The SMILES string of the molecule is C/C=c1/cc(-c2cc(N/C(=C/C(=C\CC)c3nccs3)NC)ccc2C)c(=O)n(C)/c1=C/C(C)C. The molecule has 184 valence electrons. The molecule has 2 N–H and O–H groups in total. The lowest BCUT2D eigenvalue weighted by Gasteiger charge is -2.15. The molecule has 0 bridgehead atoms. The lowest BCUT2D eigenvalue weighted by atomic mass is 9.99. The summed E-state index contributed by atoms with van der Waals surface area (Å²) >= 11 is 1.62. The molecule has 3 aromatic rings. The zero-order valence-corrected chi connectivity index (χ0v) is 22.6. The van der Waals surface area contributed by atoms with Crippen molar-refractivity contribution in [3.05, 3.63) is 85.3 Å². The number of nitrogens with one attached hydrogen (secondary N) is 2. The Morgan fingerprint density at radius 2 is 2.00 bits per heavy atom. The van der Waals surface area contributed by atoms with E-state index < -0.39 is 0 Å². The van der Waals surface area contributed by atoms with E-state index in [9.17, 15) is 4.79 Å². The Kier molecular flexibility index (Phi) is 8.88. The number of hydrogen-bond donors (Lipinski definition) is 2. The van der Waals surface area contributed by atoms with Crippen molar-refractivity contribution in [2.24, 2.45) is 13.0 Å². The Balaban J connectivity index is 2.08. The van der Waals surface area contributed by atoms with Crippen molar-refractivity contribution >= 4 is 34.7 Å². The largest absolute Gasteiger partial charge is 0.375 e. The Morgan fingerprint density at radius 1 is 1.23 bits per heavy atom. The molecule has 2 heterocycles. The monoisotopic (exact) mass is 488 g/mol. The van der Waals surface area contributed by atoms with Gasteiger partial charge in [0.05, 0.1) is 0 Å². The molecule has 0 fully saturated rings. The highest BCUT2D eigenvalue weighted by Crippen LogP contribution is 2.25. The zero-order chi connectivity index (χ0) is 25.5. The minimum absolute atomic E-state index is 0.00377. The molecule has 0 amide bonds. The lowest BCUT2D eigenvalue weighted by Crippen LogP contribution is -2.42. The van der Waals surface area contributed by atoms with Gasteiger partial charge in [0.25, 0.3) is 5.56 Å². The van der Waals surface area contributed by atoms with E-state index in [4.69, 9.17) is 0 Å². The predicted molar refractivity (Wildman–Crippen MR) is 152 cm³/mol. The van der Waals surface area contributed by atoms with E-state index in [-0.39, 0.29) is 5.56 Å². The summed E-state index contributed by atoms with van der Waals surface area (Å²) in [6.07, 6.45) is 11.2. The standard InChI is InChI=1S/C29H36N4OS/c1-8-10-22(28-31-13-14-35-28)17-27(30-6)32-23-12-11-20(5)24(18-23)25-16-21(9-2)26(15-19(3)4)33(7)29(25)34/h9-19,30,32H,8H2,1-7H3/b21-9-,22-10+,26-15+,27-17+. The number of hydrogen-bond acceptors (Lipinski definition) is 5. The third-order valence-corrected chi connectivity index (χ3v) is 6.60. The average molecular weight is 489 g/mol. The van der Waals surface area contributed by atoms with Crippen molar-refractivity contribution in [3.8, 4) is 11.1 Å². The molecule has 0 atom stereocenters. The van der Waals surface area contributed by atoms with Gasteiger partial charge in [0, 0.05) is 47.8 Å². The van der Waals surface area contributed by atoms with Crippen LogP contribution in [0.2, 0.25) is 0 Å². The van der Waals surface area contributed by atoms with E-state index >= 15 is 0 Å². The number of nitrogens with zero attached hydrogens (tertiary/aromatic N) is 2. The number of benzene rings is 1. The van der Waals surface area contributed by atoms with Crippen LogP contribution in [0.15, 0.2) is 58.6 Å². The van der Waals surface area contributed by atoms with Gasteiger partial charge in [0.1, 0.15) is 10.8 Å². The number of thiazole rings is 1. The number of anilines is 1. The first-order chi connectivity index (χ1) is 16.8. The summed E-state index contributed by atoms with van der Waals surface area (Å²) in [6.45, 7) is 10.4. The normalized spacial score (nSPS) is 13.6. The van der Waals surface area contributed by atoms with E-state index in [2.05, 4.69) is 72.8 Å². The second kappa shape index (κ2) is 11.8. The molecular weight excluding hydrogens is 452 g/mol. The number of aromatic nitrogens is 2. The van der Waals surface area contributed by atoms with Gasteiger partial charge in [0.15, 0.2) is 0 Å². The van der Waals surface area contributed by atoms with Crippen molar-refractivity contribution in [1.82, 2.24) is 14.9 Å². The molecule has 0 unspecified atom stereocenters. The summed E-state index contributed by atoms with van der Waals surface area (Å²) in [5, 5.41) is 11.7. The molecule has 0 spiro atoms. The van der Waals surface area contributed by atoms with Crippen LogP contribution in [0.4, 0.5) is 5.69 Å². The van der Waals surface area contributed by atoms with Crippen LogP contribution in [-0.2, 0) is 7.05 Å². The van der Waals surface area contributed by atoms with Gasteiger partial charge >= 0.3 is 0 Å². The maximum absolute atomic E-state index is 13.4. The fourth-order valence-electron chi connectivity index (χ4n) is 3.99. The third-order valence-electron chi connectivity index (χ3n) is 5.77. The van der Waals surface area contributed by atoms with E-state index in [0.717, 1.165) is 50.2 Å². The van der Waals surface area contributed by atoms with Crippen molar-refractivity contribution in [2.75, 3.05) is 12.4 Å². The lowest BCUT2D eigenvalue weighted by molar-refractivity contribution is 0.796. The first kappa shape index (κ1) is 26.2. The van der Waals surface area contributed by atoms with Crippen LogP contribution in [0.25, 0.3) is 28.9 Å². The summed E-state index contributed by atoms with van der Waals surface area (Å²) in [4.78, 5) is 17.9. The quantitative estimate of drug-likeness (QED) is 0.437. The van der Waals surface area contributed by atoms with Gasteiger partial charge in [-0.3, -0.25) is 4.79 Å². The maximum Gasteiger partial charge on any atom is 0.258 e. The Morgan fingerprint density at radius 3 is 2.60 bits per heavy atom. The molecular formula is C29H36N4OS. The van der Waals surface area contributed by atoms with Crippen molar-refractivity contribution < 1.29 is 0 Å². The summed E-state index contributed by atoms with van der Waals surface area (Å²) in [6, 6.07) is 8.16. The first-order valence-corrected chi connectivity index (χ1v) is 12.9. The molecule has 5 nitrogen and oxygen atoms in total. The van der Waals surface area contributed by atoms with Crippen LogP contribution in [-0.4, -0.2) is 16.6 Å². The summed E-state index contributed by atoms with van der Waals surface area (Å²) in [5.74, 6) is 1.20. The minimum atomic E-state index is 0.00377. The molecule has 0 radical (unpaired) electrons. The van der Waals surface area contributed by atoms with Gasteiger partial charge in [-0.2, -0.15) is 0 Å². The van der Waals surface area contributed by atoms with E-state index in [1.165, 1.54) is 0 Å². The van der Waals surface area contributed by atoms with Crippen LogP contribution in [0.5, 0.6) is 0 Å². The van der Waals surface area contributed by atoms with Crippen molar-refractivity contribution in [2.45, 2.75) is 41.0 Å². The van der Waals surface area contributed by atoms with Gasteiger partial charge in [0.2, 0.25) is 0 Å². The number of pyridine rings is 1. The topological polar surface area (TPSA) is 59.0 Å². The number of allylic oxidation sites excluding steroid dienone is 3. The first-order valence-electron chi connectivity index (χ1n) is 12.0. The maximum atomic E-state index is 13.4. The van der Waals surface area contributed by atoms with E-state index in [1.807, 2.05) is 51.7 Å². The molecule has 6 heteroatoms. The van der Waals surface area contributed by atoms with E-state index in [0.29, 0.717) is 11.5 Å². The summed E-state index contributed by atoms with van der Waals surface area (Å²) in [5.41, 5.74) is 4.66. The number of rotatable bonds is 8. The molecule has 35 heavy (non-hydrogen) atoms. The second-order valence-electron chi connectivity index (χ2n) is 8.83. The molecule has 0 aliphatic carbocycles. The molecule has 1 aromatic carbocycles. The highest BCUT2D eigenvalue weighted by Gasteiger charge is 2.12. The fourth-order valence-corrected chi connectivity index (χ4v) is 4.64. The summed E-state index contributed by atoms with van der Waals surface area (Å²) < 4.78 is 1.76. The molecule has 3 rings (SSSR count). The minimum Gasteiger partial charge on any atom is -0.375 e. The van der Waals surface area contributed by atoms with Gasteiger partial charge in [-0.15, -0.1) is 11.3 Å². The van der Waals surface area contributed by atoms with Gasteiger partial charge in [-0.05, 0) is 66.8 Å². The highest BCUT2D eigenvalue weighted by molar-refractivity contribution is 7.10. The molecule has 0 aliphatic heterocycles. The fraction of sp³-hybridized carbons (Fsp3) is 0.310. The average Bonchev–Trinajstić information content (AvgIpc) is 3.37. The molecule has 0 aliphatic rings. The Bertz CT molecular complexity index is 1410. The molecule has 2 aromatic heterocycles. The third kappa shape index (κ3) is 6.20. The van der Waals surface area contributed by atoms with Crippen LogP contribution in [0.1, 0.15) is 44.7 Å².